The maximum atomic E-state index is 14.0. The Morgan fingerprint density at radius 1 is 1.21 bits per heavy atom. The first-order valence-electron chi connectivity index (χ1n) is 10.9. The average Bonchev–Trinajstić information content (AvgIpc) is 2.83. The van der Waals surface area contributed by atoms with Crippen molar-refractivity contribution >= 4 is 46.7 Å². The zero-order valence-corrected chi connectivity index (χ0v) is 20.8. The molecule has 3 aromatic rings. The van der Waals surface area contributed by atoms with Gasteiger partial charge in [-0.2, -0.15) is 0 Å². The van der Waals surface area contributed by atoms with Crippen molar-refractivity contribution in [2.45, 2.75) is 42.6 Å². The first kappa shape index (κ1) is 24.8. The Kier molecular flexibility index (Phi) is 7.67. The number of thioether (sulfide) groups is 1. The van der Waals surface area contributed by atoms with Crippen LogP contribution in [-0.2, 0) is 0 Å². The topological polar surface area (TPSA) is 79.5 Å². The van der Waals surface area contributed by atoms with Crippen LogP contribution in [0, 0.1) is 5.82 Å². The number of piperidine rings is 1. The van der Waals surface area contributed by atoms with Gasteiger partial charge in [-0.1, -0.05) is 35.3 Å². The molecule has 9 heteroatoms. The number of hydrogen-bond acceptors (Lipinski definition) is 5. The number of nitrogens with two attached hydrogens (primary N) is 1. The third-order valence-corrected chi connectivity index (χ3v) is 7.75. The Bertz CT molecular complexity index is 1210. The minimum Gasteiger partial charge on any atom is -0.383 e. The third kappa shape index (κ3) is 5.18. The number of hydrogen-bond donors (Lipinski definition) is 2. The Hall–Kier alpha value is -2.32. The zero-order valence-electron chi connectivity index (χ0n) is 18.5. The number of carbonyl (C=O) groups is 1. The summed E-state index contributed by atoms with van der Waals surface area (Å²) in [5.41, 5.74) is 8.81. The molecule has 2 heterocycles. The SMILES string of the molecule is CC(Sc1cc(-c2ccc(C(=O)N3CCCCC3O)cc2)cnc1N)c1c(Cl)ccc(F)c1Cl. The zero-order chi connectivity index (χ0) is 24.4. The summed E-state index contributed by atoms with van der Waals surface area (Å²) in [7, 11) is 0. The second-order valence-corrected chi connectivity index (χ2v) is 10.3. The quantitative estimate of drug-likeness (QED) is 0.294. The maximum absolute atomic E-state index is 14.0. The maximum Gasteiger partial charge on any atom is 0.255 e. The summed E-state index contributed by atoms with van der Waals surface area (Å²) in [4.78, 5) is 19.3. The lowest BCUT2D eigenvalue weighted by Gasteiger charge is -2.32. The van der Waals surface area contributed by atoms with E-state index in [1.165, 1.54) is 28.8 Å². The van der Waals surface area contributed by atoms with Crippen LogP contribution in [0.15, 0.2) is 53.6 Å². The van der Waals surface area contributed by atoms with Gasteiger partial charge >= 0.3 is 0 Å². The molecule has 1 aromatic heterocycles. The van der Waals surface area contributed by atoms with Crippen molar-refractivity contribution in [3.05, 3.63) is 75.7 Å². The van der Waals surface area contributed by atoms with Gasteiger partial charge in [0.1, 0.15) is 17.9 Å². The number of nitrogen functional groups attached to an aromatic ring is 1. The first-order valence-corrected chi connectivity index (χ1v) is 12.5. The molecule has 0 bridgehead atoms. The number of amides is 1. The van der Waals surface area contributed by atoms with E-state index >= 15 is 0 Å². The number of benzene rings is 2. The van der Waals surface area contributed by atoms with Crippen molar-refractivity contribution in [1.82, 2.24) is 9.88 Å². The minimum atomic E-state index is -0.733. The molecule has 34 heavy (non-hydrogen) atoms. The Balaban J connectivity index is 1.55. The minimum absolute atomic E-state index is 0.00531. The van der Waals surface area contributed by atoms with E-state index in [1.54, 1.807) is 18.3 Å². The number of rotatable bonds is 5. The number of carbonyl (C=O) groups excluding carboxylic acids is 1. The number of aliphatic hydroxyl groups excluding tert-OH is 1. The number of halogens is 3. The fraction of sp³-hybridized carbons (Fsp3) is 0.280. The van der Waals surface area contributed by atoms with Crippen LogP contribution in [0.1, 0.15) is 47.4 Å². The summed E-state index contributed by atoms with van der Waals surface area (Å²) in [6.07, 6.45) is 3.35. The second kappa shape index (κ2) is 10.5. The lowest BCUT2D eigenvalue weighted by Crippen LogP contribution is -2.43. The highest BCUT2D eigenvalue weighted by atomic mass is 35.5. The van der Waals surface area contributed by atoms with Crippen LogP contribution in [-0.4, -0.2) is 33.7 Å². The highest BCUT2D eigenvalue weighted by Gasteiger charge is 2.25. The molecule has 4 rings (SSSR count). The fourth-order valence-corrected chi connectivity index (χ4v) is 5.93. The standard InChI is InChI=1S/C25H24Cl2FN3O2S/c1-14(22-18(26)9-10-19(28)23(22)27)34-20-12-17(13-30-24(20)29)15-5-7-16(8-6-15)25(33)31-11-3-2-4-21(31)32/h5-10,12-14,21,32H,2-4,11H2,1H3,(H2,29,30). The van der Waals surface area contributed by atoms with Gasteiger partial charge in [-0.25, -0.2) is 9.37 Å². The fourth-order valence-electron chi connectivity index (χ4n) is 3.99. The lowest BCUT2D eigenvalue weighted by molar-refractivity contribution is -0.0120. The van der Waals surface area contributed by atoms with Crippen molar-refractivity contribution in [2.24, 2.45) is 0 Å². The van der Waals surface area contributed by atoms with Crippen LogP contribution >= 0.6 is 35.0 Å². The Morgan fingerprint density at radius 2 is 1.94 bits per heavy atom. The molecule has 0 aliphatic carbocycles. The molecule has 5 nitrogen and oxygen atoms in total. The summed E-state index contributed by atoms with van der Waals surface area (Å²) in [5, 5.41) is 10.2. The molecule has 178 valence electrons. The molecule has 2 atom stereocenters. The lowest BCUT2D eigenvalue weighted by atomic mass is 10.0. The van der Waals surface area contributed by atoms with Gasteiger partial charge in [-0.05, 0) is 62.1 Å². The number of nitrogens with zero attached hydrogens (tertiary/aromatic N) is 2. The summed E-state index contributed by atoms with van der Waals surface area (Å²) in [5.74, 6) is -0.363. The van der Waals surface area contributed by atoms with E-state index in [9.17, 15) is 14.3 Å². The molecular weight excluding hydrogens is 496 g/mol. The van der Waals surface area contributed by atoms with Crippen molar-refractivity contribution in [3.8, 4) is 11.1 Å². The molecule has 1 aliphatic rings. The van der Waals surface area contributed by atoms with Crippen molar-refractivity contribution in [2.75, 3.05) is 12.3 Å². The number of aromatic nitrogens is 1. The summed E-state index contributed by atoms with van der Waals surface area (Å²) in [6, 6.07) is 11.8. The van der Waals surface area contributed by atoms with E-state index in [1.807, 2.05) is 25.1 Å². The summed E-state index contributed by atoms with van der Waals surface area (Å²) in [6.45, 7) is 2.43. The van der Waals surface area contributed by atoms with Gasteiger partial charge in [0, 0.05) is 39.7 Å². The second-order valence-electron chi connectivity index (χ2n) is 8.18. The van der Waals surface area contributed by atoms with Crippen molar-refractivity contribution in [1.29, 1.82) is 0 Å². The van der Waals surface area contributed by atoms with Gasteiger partial charge in [-0.3, -0.25) is 4.79 Å². The number of likely N-dealkylation sites (tertiary alicyclic amines) is 1. The van der Waals surface area contributed by atoms with Crippen LogP contribution in [0.4, 0.5) is 10.2 Å². The molecule has 0 radical (unpaired) electrons. The van der Waals surface area contributed by atoms with E-state index in [4.69, 9.17) is 28.9 Å². The Morgan fingerprint density at radius 3 is 2.65 bits per heavy atom. The number of pyridine rings is 1. The Labute approximate surface area is 212 Å². The highest BCUT2D eigenvalue weighted by molar-refractivity contribution is 7.99. The summed E-state index contributed by atoms with van der Waals surface area (Å²) >= 11 is 13.8. The normalized spacial score (nSPS) is 17.0. The van der Waals surface area contributed by atoms with Crippen LogP contribution < -0.4 is 5.73 Å². The van der Waals surface area contributed by atoms with Gasteiger partial charge < -0.3 is 15.7 Å². The number of anilines is 1. The van der Waals surface area contributed by atoms with Gasteiger partial charge in [0.25, 0.3) is 5.91 Å². The molecule has 3 N–H and O–H groups in total. The predicted molar refractivity (Wildman–Crippen MR) is 136 cm³/mol. The predicted octanol–water partition coefficient (Wildman–Crippen LogP) is 6.57. The van der Waals surface area contributed by atoms with Crippen molar-refractivity contribution < 1.29 is 14.3 Å². The first-order chi connectivity index (χ1) is 16.3. The van der Waals surface area contributed by atoms with Crippen LogP contribution in [0.5, 0.6) is 0 Å². The molecule has 1 saturated heterocycles. The molecule has 1 aliphatic heterocycles. The molecular formula is C25H24Cl2FN3O2S. The van der Waals surface area contributed by atoms with Crippen molar-refractivity contribution in [3.63, 3.8) is 0 Å². The molecule has 2 aromatic carbocycles. The van der Waals surface area contributed by atoms with Gasteiger partial charge in [0.15, 0.2) is 0 Å². The van der Waals surface area contributed by atoms with Crippen LogP contribution in [0.3, 0.4) is 0 Å². The largest absolute Gasteiger partial charge is 0.383 e. The molecule has 0 spiro atoms. The van der Waals surface area contributed by atoms with E-state index in [0.717, 1.165) is 24.0 Å². The third-order valence-electron chi connectivity index (χ3n) is 5.87. The summed E-state index contributed by atoms with van der Waals surface area (Å²) < 4.78 is 14.0. The average molecular weight is 520 g/mol. The van der Waals surface area contributed by atoms with Gasteiger partial charge in [0.2, 0.25) is 0 Å². The smallest absolute Gasteiger partial charge is 0.255 e. The van der Waals surface area contributed by atoms with E-state index in [0.29, 0.717) is 39.8 Å². The van der Waals surface area contributed by atoms with E-state index in [-0.39, 0.29) is 16.2 Å². The monoisotopic (exact) mass is 519 g/mol. The molecule has 0 saturated carbocycles. The molecule has 1 fully saturated rings. The van der Waals surface area contributed by atoms with Gasteiger partial charge in [-0.15, -0.1) is 11.8 Å². The van der Waals surface area contributed by atoms with Crippen LogP contribution in [0.25, 0.3) is 11.1 Å². The number of aliphatic hydroxyl groups is 1. The molecule has 2 unspecified atom stereocenters. The highest BCUT2D eigenvalue weighted by Crippen LogP contribution is 2.44. The molecule has 1 amide bonds. The van der Waals surface area contributed by atoms with E-state index in [2.05, 4.69) is 4.98 Å². The van der Waals surface area contributed by atoms with Crippen LogP contribution in [0.2, 0.25) is 10.0 Å². The van der Waals surface area contributed by atoms with Gasteiger partial charge in [0.05, 0.1) is 9.92 Å². The van der Waals surface area contributed by atoms with E-state index < -0.39 is 12.0 Å².